The minimum absolute atomic E-state index is 0.0525. The van der Waals surface area contributed by atoms with Crippen molar-refractivity contribution in [3.05, 3.63) is 121 Å². The van der Waals surface area contributed by atoms with E-state index in [1.54, 1.807) is 36.4 Å². The fraction of sp³-hybridized carbons (Fsp3) is 0.400. The number of nitrogens with two attached hydrogens (primary N) is 3. The Hall–Kier alpha value is -6.83. The van der Waals surface area contributed by atoms with Crippen LogP contribution in [0.1, 0.15) is 139 Å². The number of aromatic hydroxyl groups is 1. The number of aldehydes is 1. The lowest BCUT2D eigenvalue weighted by Crippen LogP contribution is -2.67. The van der Waals surface area contributed by atoms with E-state index in [0.29, 0.717) is 43.1 Å². The highest BCUT2D eigenvalue weighted by Gasteiger charge is 2.56. The molecule has 6 atom stereocenters. The topological polar surface area (TPSA) is 337 Å². The fourth-order valence-corrected chi connectivity index (χ4v) is 10.4. The number of ether oxygens (including phenoxy) is 4. The molecule has 6 unspecified atom stereocenters. The van der Waals surface area contributed by atoms with Crippen LogP contribution in [0.3, 0.4) is 0 Å². The van der Waals surface area contributed by atoms with Gasteiger partial charge < -0.3 is 71.9 Å². The zero-order chi connectivity index (χ0) is 53.2. The summed E-state index contributed by atoms with van der Waals surface area (Å²) in [7, 11) is 0. The molecule has 19 nitrogen and oxygen atoms in total. The van der Waals surface area contributed by atoms with Gasteiger partial charge in [0, 0.05) is 58.7 Å². The number of esters is 1. The third kappa shape index (κ3) is 10.6. The third-order valence-electron chi connectivity index (χ3n) is 14.0. The molecule has 13 N–H and O–H groups in total. The monoisotopic (exact) mass is 1020 g/mol. The van der Waals surface area contributed by atoms with Crippen LogP contribution >= 0.6 is 0 Å². The van der Waals surface area contributed by atoms with Crippen LogP contribution in [0.5, 0.6) is 17.2 Å². The molecule has 1 heterocycles. The first kappa shape index (κ1) is 53.5. The standard InChI is InChI=1S/C55H60N4O15/c1-28-50(67)55(69,70)51(71-21-20-59-53(57)58)52(72-28)74-49-37-12-7-11-34(56)15-16-35(63)23-31-9-5-8-30(22-31)14-17-36-41(73-29(2)62)25-33(26-60)42-43(36)48(66)44(37)45(47(42)65)46(64)38(49)24-32-10-6-13-40(39(32)27-61)54(68)18-3-4-19-54/h5-6,8-10,13-14,17,22,25,27-28,34-35,50-52,60,63-64,67-70H,3-4,12,15-16,18-21,23-24,26,56H2,1-2H3,(H4,57,58,59). The first-order valence-corrected chi connectivity index (χ1v) is 24.4. The summed E-state index contributed by atoms with van der Waals surface area (Å²) in [6, 6.07) is 12.4. The predicted molar refractivity (Wildman–Crippen MR) is 268 cm³/mol. The highest BCUT2D eigenvalue weighted by molar-refractivity contribution is 6.32. The second kappa shape index (κ2) is 21.9. The number of phenolic OH excluding ortho intramolecular Hbond substituents is 1. The number of aliphatic hydroxyl groups excluding tert-OH is 3. The summed E-state index contributed by atoms with van der Waals surface area (Å²) in [5.74, 6) is -1.50. The largest absolute Gasteiger partial charge is 0.507 e. The van der Waals surface area contributed by atoms with Crippen LogP contribution < -0.4 is 26.7 Å². The Bertz CT molecular complexity index is 3000. The Labute approximate surface area is 426 Å². The molecule has 0 radical (unpaired) electrons. The molecule has 0 aromatic heterocycles. The van der Waals surface area contributed by atoms with E-state index in [1.165, 1.54) is 19.1 Å². The number of aliphatic hydroxyl groups is 6. The molecule has 0 spiro atoms. The van der Waals surface area contributed by atoms with Gasteiger partial charge in [0.25, 0.3) is 0 Å². The number of hydrogen-bond donors (Lipinski definition) is 10. The van der Waals surface area contributed by atoms with Crippen molar-refractivity contribution in [2.75, 3.05) is 13.2 Å². The summed E-state index contributed by atoms with van der Waals surface area (Å²) >= 11 is 0. The number of fused-ring (bicyclic) bond motifs is 2. The number of carbonyl (C=O) groups excluding carboxylic acids is 4. The van der Waals surface area contributed by atoms with Crippen LogP contribution in [0.4, 0.5) is 0 Å². The van der Waals surface area contributed by atoms with Gasteiger partial charge in [-0.05, 0) is 79.0 Å². The van der Waals surface area contributed by atoms with Crippen molar-refractivity contribution in [3.8, 4) is 29.1 Å². The first-order chi connectivity index (χ1) is 35.3. The summed E-state index contributed by atoms with van der Waals surface area (Å²) in [6.45, 7) is 1.04. The molecule has 8 rings (SSSR count). The molecule has 4 aliphatic rings. The van der Waals surface area contributed by atoms with E-state index < -0.39 is 108 Å². The van der Waals surface area contributed by atoms with Crippen molar-refractivity contribution in [3.63, 3.8) is 0 Å². The van der Waals surface area contributed by atoms with E-state index in [1.807, 2.05) is 12.1 Å². The van der Waals surface area contributed by atoms with Crippen molar-refractivity contribution in [2.24, 2.45) is 22.2 Å². The molecule has 74 heavy (non-hydrogen) atoms. The summed E-state index contributed by atoms with van der Waals surface area (Å²) in [5.41, 5.74) is 16.0. The van der Waals surface area contributed by atoms with E-state index in [9.17, 15) is 45.3 Å². The van der Waals surface area contributed by atoms with E-state index in [2.05, 4.69) is 16.8 Å². The molecule has 390 valence electrons. The van der Waals surface area contributed by atoms with Gasteiger partial charge in [-0.2, -0.15) is 0 Å². The molecule has 4 aromatic rings. The smallest absolute Gasteiger partial charge is 0.308 e. The van der Waals surface area contributed by atoms with Crippen molar-refractivity contribution in [2.45, 2.75) is 126 Å². The summed E-state index contributed by atoms with van der Waals surface area (Å²) < 4.78 is 24.3. The molecule has 2 fully saturated rings. The van der Waals surface area contributed by atoms with Crippen LogP contribution in [-0.2, 0) is 45.7 Å². The summed E-state index contributed by atoms with van der Waals surface area (Å²) in [6.07, 6.45) is -2.48. The fourth-order valence-electron chi connectivity index (χ4n) is 10.4. The maximum atomic E-state index is 15.8. The number of guanidine groups is 1. The van der Waals surface area contributed by atoms with E-state index in [-0.39, 0.29) is 88.6 Å². The van der Waals surface area contributed by atoms with Crippen molar-refractivity contribution < 1.29 is 73.9 Å². The van der Waals surface area contributed by atoms with E-state index in [0.717, 1.165) is 12.5 Å². The van der Waals surface area contributed by atoms with Crippen LogP contribution in [0.2, 0.25) is 0 Å². The third-order valence-corrected chi connectivity index (χ3v) is 14.0. The van der Waals surface area contributed by atoms with Gasteiger partial charge in [0.1, 0.15) is 23.4 Å². The van der Waals surface area contributed by atoms with Crippen molar-refractivity contribution in [1.29, 1.82) is 0 Å². The van der Waals surface area contributed by atoms with Gasteiger partial charge in [-0.3, -0.25) is 24.2 Å². The predicted octanol–water partition coefficient (Wildman–Crippen LogP) is 2.31. The minimum atomic E-state index is -3.11. The number of rotatable bonds is 12. The van der Waals surface area contributed by atoms with Gasteiger partial charge in [-0.25, -0.2) is 0 Å². The zero-order valence-corrected chi connectivity index (χ0v) is 40.9. The molecule has 1 saturated carbocycles. The lowest BCUT2D eigenvalue weighted by molar-refractivity contribution is -0.378. The second-order valence-electron chi connectivity index (χ2n) is 19.2. The molecule has 4 bridgehead atoms. The molecule has 0 amide bonds. The van der Waals surface area contributed by atoms with Gasteiger partial charge in [-0.1, -0.05) is 73.2 Å². The maximum Gasteiger partial charge on any atom is 0.308 e. The second-order valence-corrected chi connectivity index (χ2v) is 19.2. The zero-order valence-electron chi connectivity index (χ0n) is 40.9. The Balaban J connectivity index is 1.44. The van der Waals surface area contributed by atoms with Crippen LogP contribution in [0, 0.1) is 11.8 Å². The number of nitrogens with zero attached hydrogens (tertiary/aromatic N) is 1. The van der Waals surface area contributed by atoms with Crippen LogP contribution in [0.15, 0.2) is 53.5 Å². The Morgan fingerprint density at radius 3 is 2.39 bits per heavy atom. The first-order valence-electron chi connectivity index (χ1n) is 24.4. The highest BCUT2D eigenvalue weighted by Crippen LogP contribution is 2.49. The Morgan fingerprint density at radius 2 is 1.69 bits per heavy atom. The molecule has 4 aromatic carbocycles. The molecule has 3 aliphatic carbocycles. The Morgan fingerprint density at radius 1 is 0.959 bits per heavy atom. The normalized spacial score (nSPS) is 22.9. The van der Waals surface area contributed by atoms with E-state index >= 15 is 9.59 Å². The average molecular weight is 1020 g/mol. The van der Waals surface area contributed by atoms with Gasteiger partial charge in [0.15, 0.2) is 29.9 Å². The number of phenols is 1. The quantitative estimate of drug-likeness (QED) is 0.0125. The van der Waals surface area contributed by atoms with Crippen LogP contribution in [0.25, 0.3) is 12.2 Å². The average Bonchev–Trinajstić information content (AvgIpc) is 3.81. The molecule has 19 heteroatoms. The van der Waals surface area contributed by atoms with Gasteiger partial charge >= 0.3 is 5.97 Å². The molecule has 1 aliphatic heterocycles. The van der Waals surface area contributed by atoms with Gasteiger partial charge in [0.05, 0.1) is 49.2 Å². The highest BCUT2D eigenvalue weighted by atomic mass is 16.7. The number of ketones is 2. The van der Waals surface area contributed by atoms with E-state index in [4.69, 9.17) is 36.1 Å². The van der Waals surface area contributed by atoms with Crippen molar-refractivity contribution in [1.82, 2.24) is 0 Å². The lowest BCUT2D eigenvalue weighted by atomic mass is 9.75. The number of aliphatic imine (C=N–C) groups is 1. The summed E-state index contributed by atoms with van der Waals surface area (Å²) in [4.78, 5) is 61.1. The van der Waals surface area contributed by atoms with Gasteiger partial charge in [-0.15, -0.1) is 0 Å². The number of carbonyl (C=O) groups is 4. The number of hydrogen-bond acceptors (Lipinski definition) is 17. The lowest BCUT2D eigenvalue weighted by Gasteiger charge is -2.46. The summed E-state index contributed by atoms with van der Waals surface area (Å²) in [5, 5.41) is 80.9. The molecular formula is C55H60N4O15. The SMILES string of the molecule is CC(=O)Oc1cc(CO)c2c3c1C=Cc1cccc(c1)CC(O)CCC(N)C#CCc1c(OC4OC(C)C(O)C(O)(O)C4OCCN=C(N)N)c(Cc4cccc(C5(O)CCCC5)c4C=O)c(O)c(c1C3=O)C2=O. The maximum absolute atomic E-state index is 15.8. The minimum Gasteiger partial charge on any atom is -0.507 e. The number of benzene rings is 4. The van der Waals surface area contributed by atoms with Gasteiger partial charge in [0.2, 0.25) is 12.1 Å². The molecular weight excluding hydrogens is 957 g/mol. The van der Waals surface area contributed by atoms with Crippen LogP contribution in [-0.4, -0.2) is 121 Å². The van der Waals surface area contributed by atoms with Crippen molar-refractivity contribution >= 4 is 41.9 Å². The molecule has 1 saturated heterocycles. The Kier molecular flexibility index (Phi) is 15.9.